The quantitative estimate of drug-likeness (QED) is 0.435. The van der Waals surface area contributed by atoms with Crippen LogP contribution in [0.4, 0.5) is 0 Å². The molecule has 0 saturated heterocycles. The van der Waals surface area contributed by atoms with Crippen LogP contribution in [0.15, 0.2) is 64.8 Å². The van der Waals surface area contributed by atoms with Gasteiger partial charge in [-0.15, -0.1) is 0 Å². The molecule has 0 radical (unpaired) electrons. The molecule has 2 N–H and O–H groups in total. The Bertz CT molecular complexity index is 1310. The van der Waals surface area contributed by atoms with Crippen LogP contribution in [0.5, 0.6) is 5.75 Å². The molecule has 0 saturated carbocycles. The normalized spacial score (nSPS) is 15.0. The number of benzene rings is 2. The highest BCUT2D eigenvalue weighted by atomic mass is 32.1. The second-order valence-corrected chi connectivity index (χ2v) is 8.20. The van der Waals surface area contributed by atoms with E-state index in [1.54, 1.807) is 24.3 Å². The number of carbonyl (C=O) groups excluding carboxylic acids is 2. The van der Waals surface area contributed by atoms with E-state index >= 15 is 0 Å². The van der Waals surface area contributed by atoms with Crippen molar-refractivity contribution >= 4 is 33.4 Å². The van der Waals surface area contributed by atoms with Crippen LogP contribution in [-0.4, -0.2) is 39.4 Å². The summed E-state index contributed by atoms with van der Waals surface area (Å²) in [4.78, 5) is 38.1. The van der Waals surface area contributed by atoms with E-state index in [0.29, 0.717) is 22.3 Å². The molecule has 0 spiro atoms. The summed E-state index contributed by atoms with van der Waals surface area (Å²) in [5.41, 5.74) is 7.44. The van der Waals surface area contributed by atoms with Gasteiger partial charge in [-0.25, -0.2) is 9.59 Å². The van der Waals surface area contributed by atoms with Crippen LogP contribution in [-0.2, 0) is 19.0 Å². The monoisotopic (exact) mass is 467 g/mol. The Balaban J connectivity index is 1.90. The van der Waals surface area contributed by atoms with Crippen LogP contribution in [0.1, 0.15) is 27.4 Å². The molecule has 1 aliphatic rings. The molecule has 0 aliphatic carbocycles. The predicted molar refractivity (Wildman–Crippen MR) is 122 cm³/mol. The summed E-state index contributed by atoms with van der Waals surface area (Å²) in [6.07, 6.45) is 0. The van der Waals surface area contributed by atoms with E-state index in [1.165, 1.54) is 14.2 Å². The lowest BCUT2D eigenvalue weighted by Crippen LogP contribution is -2.31. The minimum Gasteiger partial charge on any atom is -0.465 e. The first-order valence-electron chi connectivity index (χ1n) is 10.0. The molecule has 0 bridgehead atoms. The van der Waals surface area contributed by atoms with Crippen molar-refractivity contribution in [3.8, 4) is 5.75 Å². The SMILES string of the molecule is COCCOC(=O)C1=C(N)Oc2c(c(=O)sc3ccccc23)[C@@H]1c1ccc(C(=O)OC)cc1. The summed E-state index contributed by atoms with van der Waals surface area (Å²) in [5, 5.41) is 0.711. The topological polar surface area (TPSA) is 114 Å². The van der Waals surface area contributed by atoms with Crippen molar-refractivity contribution in [2.45, 2.75) is 5.92 Å². The molecule has 1 atom stereocenters. The Kier molecular flexibility index (Phi) is 6.43. The molecule has 2 aromatic carbocycles. The number of hydrogen-bond donors (Lipinski definition) is 1. The van der Waals surface area contributed by atoms with Crippen molar-refractivity contribution in [3.63, 3.8) is 0 Å². The first-order valence-corrected chi connectivity index (χ1v) is 10.9. The second kappa shape index (κ2) is 9.43. The summed E-state index contributed by atoms with van der Waals surface area (Å²) < 4.78 is 21.3. The fraction of sp³-hybridized carbons (Fsp3) is 0.208. The second-order valence-electron chi connectivity index (χ2n) is 7.18. The van der Waals surface area contributed by atoms with Crippen LogP contribution < -0.4 is 15.2 Å². The molecule has 1 aliphatic heterocycles. The molecule has 3 aromatic rings. The highest BCUT2D eigenvalue weighted by Gasteiger charge is 2.38. The van der Waals surface area contributed by atoms with E-state index in [1.807, 2.05) is 24.3 Å². The molecule has 0 amide bonds. The Morgan fingerprint density at radius 3 is 2.45 bits per heavy atom. The average Bonchev–Trinajstić information content (AvgIpc) is 2.83. The molecule has 1 aromatic heterocycles. The van der Waals surface area contributed by atoms with Gasteiger partial charge < -0.3 is 24.7 Å². The minimum atomic E-state index is -0.844. The first kappa shape index (κ1) is 22.5. The third-order valence-electron chi connectivity index (χ3n) is 5.26. The molecular weight excluding hydrogens is 446 g/mol. The van der Waals surface area contributed by atoms with Crippen molar-refractivity contribution in [1.82, 2.24) is 0 Å². The van der Waals surface area contributed by atoms with Crippen LogP contribution in [0.2, 0.25) is 0 Å². The van der Waals surface area contributed by atoms with E-state index < -0.39 is 17.9 Å². The lowest BCUT2D eigenvalue weighted by atomic mass is 9.83. The minimum absolute atomic E-state index is 0.0115. The predicted octanol–water partition coefficient (Wildman–Crippen LogP) is 2.93. The number of ether oxygens (including phenoxy) is 4. The van der Waals surface area contributed by atoms with E-state index in [9.17, 15) is 14.4 Å². The highest BCUT2D eigenvalue weighted by Crippen LogP contribution is 2.44. The Labute approximate surface area is 193 Å². The van der Waals surface area contributed by atoms with Gasteiger partial charge in [0, 0.05) is 17.2 Å². The van der Waals surface area contributed by atoms with Crippen LogP contribution in [0.25, 0.3) is 10.1 Å². The number of fused-ring (bicyclic) bond motifs is 3. The highest BCUT2D eigenvalue weighted by molar-refractivity contribution is 7.16. The molecule has 4 rings (SSSR count). The van der Waals surface area contributed by atoms with Gasteiger partial charge in [-0.1, -0.05) is 35.6 Å². The average molecular weight is 467 g/mol. The zero-order chi connectivity index (χ0) is 23.5. The summed E-state index contributed by atoms with van der Waals surface area (Å²) in [6.45, 7) is 0.214. The maximum atomic E-state index is 13.2. The third-order valence-corrected chi connectivity index (χ3v) is 6.24. The van der Waals surface area contributed by atoms with Gasteiger partial charge in [0.15, 0.2) is 0 Å². The molecule has 9 heteroatoms. The number of methoxy groups -OCH3 is 2. The molecular formula is C24H21NO7S. The summed E-state index contributed by atoms with van der Waals surface area (Å²) in [7, 11) is 2.78. The summed E-state index contributed by atoms with van der Waals surface area (Å²) >= 11 is 1.06. The molecule has 0 fully saturated rings. The Morgan fingerprint density at radius 2 is 1.76 bits per heavy atom. The molecule has 0 unspecified atom stereocenters. The van der Waals surface area contributed by atoms with Gasteiger partial charge in [0.25, 0.3) is 0 Å². The van der Waals surface area contributed by atoms with E-state index in [2.05, 4.69) is 0 Å². The van der Waals surface area contributed by atoms with Gasteiger partial charge in [0.1, 0.15) is 17.9 Å². The first-order chi connectivity index (χ1) is 16.0. The summed E-state index contributed by atoms with van der Waals surface area (Å²) in [5.74, 6) is -1.89. The van der Waals surface area contributed by atoms with Gasteiger partial charge in [0.2, 0.25) is 10.6 Å². The Morgan fingerprint density at radius 1 is 1.03 bits per heavy atom. The number of nitrogens with two attached hydrogens (primary N) is 1. The molecule has 2 heterocycles. The lowest BCUT2D eigenvalue weighted by molar-refractivity contribution is -0.140. The van der Waals surface area contributed by atoms with E-state index in [4.69, 9.17) is 24.7 Å². The third kappa shape index (κ3) is 4.20. The molecule has 8 nitrogen and oxygen atoms in total. The standard InChI is InChI=1S/C24H21NO7S/c1-29-11-12-31-23(27)19-17(13-7-9-14(10-8-13)22(26)30-2)18-20(32-21(19)25)15-5-3-4-6-16(15)33-24(18)28/h3-10,17H,11-12,25H2,1-2H3/t17-/m0/s1. The van der Waals surface area contributed by atoms with Gasteiger partial charge in [-0.2, -0.15) is 0 Å². The van der Waals surface area contributed by atoms with Crippen LogP contribution >= 0.6 is 11.3 Å². The van der Waals surface area contributed by atoms with Crippen molar-refractivity contribution < 1.29 is 28.5 Å². The van der Waals surface area contributed by atoms with Gasteiger partial charge >= 0.3 is 11.9 Å². The van der Waals surface area contributed by atoms with E-state index in [-0.39, 0.29) is 35.0 Å². The Hall–Kier alpha value is -3.69. The smallest absolute Gasteiger partial charge is 0.340 e. The van der Waals surface area contributed by atoms with Crippen molar-refractivity contribution in [3.05, 3.63) is 86.2 Å². The number of rotatable bonds is 6. The fourth-order valence-corrected chi connectivity index (χ4v) is 4.66. The zero-order valence-corrected chi connectivity index (χ0v) is 18.8. The molecule has 33 heavy (non-hydrogen) atoms. The van der Waals surface area contributed by atoms with Crippen molar-refractivity contribution in [2.24, 2.45) is 5.73 Å². The van der Waals surface area contributed by atoms with Gasteiger partial charge in [0.05, 0.1) is 30.8 Å². The van der Waals surface area contributed by atoms with Gasteiger partial charge in [-0.05, 0) is 29.8 Å². The van der Waals surface area contributed by atoms with Crippen molar-refractivity contribution in [1.29, 1.82) is 0 Å². The lowest BCUT2D eigenvalue weighted by Gasteiger charge is -2.28. The van der Waals surface area contributed by atoms with Crippen molar-refractivity contribution in [2.75, 3.05) is 27.4 Å². The zero-order valence-electron chi connectivity index (χ0n) is 18.0. The largest absolute Gasteiger partial charge is 0.465 e. The number of esters is 2. The van der Waals surface area contributed by atoms with Crippen LogP contribution in [0, 0.1) is 0 Å². The number of carbonyl (C=O) groups is 2. The maximum Gasteiger partial charge on any atom is 0.340 e. The summed E-state index contributed by atoms with van der Waals surface area (Å²) in [6, 6.07) is 13.7. The van der Waals surface area contributed by atoms with Gasteiger partial charge in [-0.3, -0.25) is 4.79 Å². The van der Waals surface area contributed by atoms with Crippen LogP contribution in [0.3, 0.4) is 0 Å². The fourth-order valence-electron chi connectivity index (χ4n) is 3.72. The maximum absolute atomic E-state index is 13.2. The van der Waals surface area contributed by atoms with E-state index in [0.717, 1.165) is 16.0 Å². The molecule has 170 valence electrons. The number of hydrogen-bond acceptors (Lipinski definition) is 9.